The van der Waals surface area contributed by atoms with Gasteiger partial charge in [-0.3, -0.25) is 14.8 Å². The number of hydrogen-bond donors (Lipinski definition) is 1. The van der Waals surface area contributed by atoms with Crippen molar-refractivity contribution in [2.24, 2.45) is 0 Å². The largest absolute Gasteiger partial charge is 0.292 e. The summed E-state index contributed by atoms with van der Waals surface area (Å²) < 4.78 is 4.26. The Kier molecular flexibility index (Phi) is 4.98. The van der Waals surface area contributed by atoms with Gasteiger partial charge >= 0.3 is 0 Å². The number of hydrogen-bond acceptors (Lipinski definition) is 4. The summed E-state index contributed by atoms with van der Waals surface area (Å²) in [6.45, 7) is 6.57. The van der Waals surface area contributed by atoms with E-state index in [4.69, 9.17) is 0 Å². The zero-order valence-electron chi connectivity index (χ0n) is 14.3. The second-order valence-electron chi connectivity index (χ2n) is 5.94. The maximum absolute atomic E-state index is 12.2. The average molecular weight is 403 g/mol. The monoisotopic (exact) mass is 402 g/mol. The molecule has 0 bridgehead atoms. The quantitative estimate of drug-likeness (QED) is 0.711. The molecule has 130 valence electrons. The van der Waals surface area contributed by atoms with Crippen molar-refractivity contribution in [1.29, 1.82) is 0 Å². The molecular weight excluding hydrogens is 384 g/mol. The third-order valence-corrected chi connectivity index (χ3v) is 4.99. The van der Waals surface area contributed by atoms with Gasteiger partial charge in [-0.05, 0) is 42.3 Å². The number of nitrogens with one attached hydrogen (secondary N) is 1. The van der Waals surface area contributed by atoms with Crippen LogP contribution in [0.15, 0.2) is 35.1 Å². The number of rotatable bonds is 5. The number of aryl methyl sites for hydroxylation is 2. The van der Waals surface area contributed by atoms with Gasteiger partial charge < -0.3 is 0 Å². The second-order valence-corrected chi connectivity index (χ2v) is 6.73. The molecule has 0 unspecified atom stereocenters. The minimum atomic E-state index is -0.216. The summed E-state index contributed by atoms with van der Waals surface area (Å²) in [5, 5.41) is 11.3. The lowest BCUT2D eigenvalue weighted by atomic mass is 10.1. The highest BCUT2D eigenvalue weighted by Crippen LogP contribution is 2.19. The average Bonchev–Trinajstić information content (AvgIpc) is 3.10. The fraction of sp³-hybridized carbons (Fsp3) is 0.294. The van der Waals surface area contributed by atoms with Crippen LogP contribution in [0, 0.1) is 20.8 Å². The Balaban J connectivity index is 1.61. The van der Waals surface area contributed by atoms with Crippen LogP contribution < -0.4 is 5.32 Å². The zero-order valence-corrected chi connectivity index (χ0v) is 15.9. The van der Waals surface area contributed by atoms with Crippen molar-refractivity contribution in [2.45, 2.75) is 33.9 Å². The molecule has 8 heteroatoms. The Hall–Kier alpha value is -2.48. The smallest absolute Gasteiger partial charge is 0.248 e. The lowest BCUT2D eigenvalue weighted by Gasteiger charge is -2.04. The molecule has 0 aliphatic rings. The minimum Gasteiger partial charge on any atom is -0.292 e. The first-order valence-corrected chi connectivity index (χ1v) is 8.66. The molecule has 1 amide bonds. The van der Waals surface area contributed by atoms with Crippen LogP contribution in [-0.2, 0) is 17.9 Å². The molecule has 0 radical (unpaired) electrons. The number of anilines is 1. The number of aromatic nitrogens is 5. The standard InChI is InChI=1S/C17H19BrN6O/c1-11-4-6-14(7-5-11)8-23-10-19-17(22-23)20-15(25)9-24-13(3)16(18)12(2)21-24/h4-7,10H,8-9H2,1-3H3,(H,20,22,25). The van der Waals surface area contributed by atoms with Crippen molar-refractivity contribution in [3.05, 3.63) is 57.6 Å². The topological polar surface area (TPSA) is 77.6 Å². The van der Waals surface area contributed by atoms with E-state index in [1.54, 1.807) is 15.7 Å². The number of carbonyl (C=O) groups excluding carboxylic acids is 1. The molecule has 0 fully saturated rings. The van der Waals surface area contributed by atoms with Gasteiger partial charge in [0, 0.05) is 0 Å². The van der Waals surface area contributed by atoms with E-state index in [1.165, 1.54) is 5.56 Å². The van der Waals surface area contributed by atoms with Crippen molar-refractivity contribution in [1.82, 2.24) is 24.5 Å². The van der Waals surface area contributed by atoms with E-state index in [9.17, 15) is 4.79 Å². The summed E-state index contributed by atoms with van der Waals surface area (Å²) in [6.07, 6.45) is 1.61. The van der Waals surface area contributed by atoms with Crippen LogP contribution in [-0.4, -0.2) is 30.5 Å². The summed E-state index contributed by atoms with van der Waals surface area (Å²) in [5.74, 6) is 0.0731. The fourth-order valence-corrected chi connectivity index (χ4v) is 2.72. The highest BCUT2D eigenvalue weighted by molar-refractivity contribution is 9.10. The Morgan fingerprint density at radius 1 is 1.16 bits per heavy atom. The van der Waals surface area contributed by atoms with E-state index < -0.39 is 0 Å². The van der Waals surface area contributed by atoms with Crippen LogP contribution in [0.25, 0.3) is 0 Å². The van der Waals surface area contributed by atoms with Crippen LogP contribution in [0.3, 0.4) is 0 Å². The molecule has 0 aliphatic heterocycles. The molecule has 0 saturated carbocycles. The van der Waals surface area contributed by atoms with E-state index in [0.717, 1.165) is 21.4 Å². The first kappa shape index (κ1) is 17.3. The molecule has 3 rings (SSSR count). The van der Waals surface area contributed by atoms with Crippen LogP contribution in [0.5, 0.6) is 0 Å². The van der Waals surface area contributed by atoms with Crippen molar-refractivity contribution in [3.63, 3.8) is 0 Å². The zero-order chi connectivity index (χ0) is 18.0. The lowest BCUT2D eigenvalue weighted by Crippen LogP contribution is -2.21. The molecule has 0 spiro atoms. The van der Waals surface area contributed by atoms with Crippen molar-refractivity contribution in [3.8, 4) is 0 Å². The van der Waals surface area contributed by atoms with Crippen molar-refractivity contribution >= 4 is 27.8 Å². The molecule has 1 aromatic carbocycles. The minimum absolute atomic E-state index is 0.116. The molecule has 1 N–H and O–H groups in total. The van der Waals surface area contributed by atoms with Gasteiger partial charge in [-0.2, -0.15) is 5.10 Å². The number of halogens is 1. The Morgan fingerprint density at radius 2 is 1.88 bits per heavy atom. The molecule has 2 aromatic heterocycles. The number of amides is 1. The van der Waals surface area contributed by atoms with Gasteiger partial charge in [-0.1, -0.05) is 29.8 Å². The predicted octanol–water partition coefficient (Wildman–Crippen LogP) is 2.85. The molecular formula is C17H19BrN6O. The first-order valence-electron chi connectivity index (χ1n) is 7.86. The maximum Gasteiger partial charge on any atom is 0.248 e. The second kappa shape index (κ2) is 7.18. The van der Waals surface area contributed by atoms with Gasteiger partial charge in [0.05, 0.1) is 22.4 Å². The summed E-state index contributed by atoms with van der Waals surface area (Å²) >= 11 is 3.45. The SMILES string of the molecule is Cc1ccc(Cn2cnc(NC(=O)Cn3nc(C)c(Br)c3C)n2)cc1. The number of carbonyl (C=O) groups is 1. The highest BCUT2D eigenvalue weighted by atomic mass is 79.9. The highest BCUT2D eigenvalue weighted by Gasteiger charge is 2.13. The molecule has 0 aliphatic carbocycles. The van der Waals surface area contributed by atoms with Crippen LogP contribution in [0.2, 0.25) is 0 Å². The molecule has 0 atom stereocenters. The van der Waals surface area contributed by atoms with Gasteiger partial charge in [-0.15, -0.1) is 5.10 Å². The molecule has 25 heavy (non-hydrogen) atoms. The van der Waals surface area contributed by atoms with Gasteiger partial charge in [0.15, 0.2) is 0 Å². The van der Waals surface area contributed by atoms with Gasteiger partial charge in [-0.25, -0.2) is 9.67 Å². The van der Waals surface area contributed by atoms with Crippen molar-refractivity contribution in [2.75, 3.05) is 5.32 Å². The molecule has 2 heterocycles. The first-order chi connectivity index (χ1) is 11.9. The maximum atomic E-state index is 12.2. The van der Waals surface area contributed by atoms with Crippen LogP contribution in [0.1, 0.15) is 22.5 Å². The predicted molar refractivity (Wildman–Crippen MR) is 98.3 cm³/mol. The molecule has 7 nitrogen and oxygen atoms in total. The Bertz CT molecular complexity index is 897. The van der Waals surface area contributed by atoms with Crippen molar-refractivity contribution < 1.29 is 4.79 Å². The molecule has 0 saturated heterocycles. The Morgan fingerprint density at radius 3 is 2.52 bits per heavy atom. The summed E-state index contributed by atoms with van der Waals surface area (Å²) in [7, 11) is 0. The third kappa shape index (κ3) is 4.14. The van der Waals surface area contributed by atoms with E-state index in [0.29, 0.717) is 6.54 Å². The number of benzene rings is 1. The van der Waals surface area contributed by atoms with E-state index in [1.807, 2.05) is 20.8 Å². The van der Waals surface area contributed by atoms with E-state index in [2.05, 4.69) is 60.7 Å². The van der Waals surface area contributed by atoms with E-state index in [-0.39, 0.29) is 18.4 Å². The third-order valence-electron chi connectivity index (χ3n) is 3.84. The Labute approximate surface area is 154 Å². The van der Waals surface area contributed by atoms with Gasteiger partial charge in [0.25, 0.3) is 0 Å². The van der Waals surface area contributed by atoms with Crippen LogP contribution >= 0.6 is 15.9 Å². The summed E-state index contributed by atoms with van der Waals surface area (Å²) in [6, 6.07) is 8.22. The van der Waals surface area contributed by atoms with E-state index >= 15 is 0 Å². The lowest BCUT2D eigenvalue weighted by molar-refractivity contribution is -0.117. The van der Waals surface area contributed by atoms with Gasteiger partial charge in [0.1, 0.15) is 12.9 Å². The number of nitrogens with zero attached hydrogens (tertiary/aromatic N) is 5. The normalized spacial score (nSPS) is 10.9. The van der Waals surface area contributed by atoms with Crippen LogP contribution in [0.4, 0.5) is 5.95 Å². The fourth-order valence-electron chi connectivity index (χ4n) is 2.44. The molecule has 3 aromatic rings. The summed E-state index contributed by atoms with van der Waals surface area (Å²) in [5.41, 5.74) is 4.10. The van der Waals surface area contributed by atoms with Gasteiger partial charge in [0.2, 0.25) is 11.9 Å². The summed E-state index contributed by atoms with van der Waals surface area (Å²) in [4.78, 5) is 16.3.